The van der Waals surface area contributed by atoms with Crippen LogP contribution in [0.1, 0.15) is 33.0 Å². The molecule has 1 aliphatic heterocycles. The van der Waals surface area contributed by atoms with Crippen LogP contribution in [0, 0.1) is 5.82 Å². The molecule has 0 atom stereocenters. The average molecular weight is 394 g/mol. The number of hydrogen-bond acceptors (Lipinski definition) is 6. The van der Waals surface area contributed by atoms with Gasteiger partial charge in [-0.05, 0) is 24.3 Å². The van der Waals surface area contributed by atoms with E-state index in [4.69, 9.17) is 4.52 Å². The van der Waals surface area contributed by atoms with Gasteiger partial charge in [-0.15, -0.1) is 0 Å². The lowest BCUT2D eigenvalue weighted by Crippen LogP contribution is -2.34. The summed E-state index contributed by atoms with van der Waals surface area (Å²) >= 11 is 0. The minimum atomic E-state index is -0.482. The number of amides is 3. The Morgan fingerprint density at radius 2 is 1.62 bits per heavy atom. The molecule has 3 aromatic rings. The first-order valence-electron chi connectivity index (χ1n) is 8.84. The highest BCUT2D eigenvalue weighted by Crippen LogP contribution is 2.22. The van der Waals surface area contributed by atoms with Crippen LogP contribution in [0.2, 0.25) is 0 Å². The van der Waals surface area contributed by atoms with Crippen molar-refractivity contribution in [2.75, 3.05) is 6.54 Å². The second-order valence-electron chi connectivity index (χ2n) is 6.33. The van der Waals surface area contributed by atoms with Crippen LogP contribution in [0.3, 0.4) is 0 Å². The van der Waals surface area contributed by atoms with Gasteiger partial charge in [-0.2, -0.15) is 4.98 Å². The van der Waals surface area contributed by atoms with Gasteiger partial charge in [-0.25, -0.2) is 4.39 Å². The van der Waals surface area contributed by atoms with Crippen molar-refractivity contribution in [3.63, 3.8) is 0 Å². The number of halogens is 1. The zero-order valence-corrected chi connectivity index (χ0v) is 15.1. The van der Waals surface area contributed by atoms with Gasteiger partial charge < -0.3 is 9.84 Å². The first-order valence-corrected chi connectivity index (χ1v) is 8.84. The molecule has 0 aliphatic carbocycles. The van der Waals surface area contributed by atoms with Crippen molar-refractivity contribution >= 4 is 17.7 Å². The van der Waals surface area contributed by atoms with Crippen molar-refractivity contribution in [2.45, 2.75) is 13.0 Å². The molecule has 1 aromatic heterocycles. The maximum absolute atomic E-state index is 13.8. The fourth-order valence-corrected chi connectivity index (χ4v) is 3.00. The Balaban J connectivity index is 1.31. The predicted octanol–water partition coefficient (Wildman–Crippen LogP) is 2.18. The molecule has 29 heavy (non-hydrogen) atoms. The van der Waals surface area contributed by atoms with Gasteiger partial charge in [0.1, 0.15) is 5.82 Å². The van der Waals surface area contributed by atoms with Crippen LogP contribution >= 0.6 is 0 Å². The third kappa shape index (κ3) is 3.62. The number of carbonyl (C=O) groups excluding carboxylic acids is 3. The van der Waals surface area contributed by atoms with E-state index in [1.165, 1.54) is 12.1 Å². The summed E-state index contributed by atoms with van der Waals surface area (Å²) in [4.78, 5) is 41.7. The zero-order valence-electron chi connectivity index (χ0n) is 15.1. The molecule has 2 aromatic carbocycles. The van der Waals surface area contributed by atoms with E-state index >= 15 is 0 Å². The molecule has 1 aliphatic rings. The number of hydrogen-bond donors (Lipinski definition) is 1. The highest BCUT2D eigenvalue weighted by atomic mass is 19.1. The Morgan fingerprint density at radius 3 is 2.28 bits per heavy atom. The van der Waals surface area contributed by atoms with Crippen LogP contribution < -0.4 is 5.32 Å². The highest BCUT2D eigenvalue weighted by Gasteiger charge is 2.34. The number of rotatable bonds is 6. The van der Waals surface area contributed by atoms with Crippen LogP contribution in [-0.2, 0) is 11.3 Å². The summed E-state index contributed by atoms with van der Waals surface area (Å²) in [5.74, 6) is -1.51. The minimum absolute atomic E-state index is 0.0392. The van der Waals surface area contributed by atoms with E-state index in [9.17, 15) is 18.8 Å². The first-order chi connectivity index (χ1) is 14.0. The van der Waals surface area contributed by atoms with Gasteiger partial charge in [-0.3, -0.25) is 19.3 Å². The van der Waals surface area contributed by atoms with E-state index in [-0.39, 0.29) is 36.8 Å². The van der Waals surface area contributed by atoms with Crippen molar-refractivity contribution < 1.29 is 23.3 Å². The molecule has 1 N–H and O–H groups in total. The lowest BCUT2D eigenvalue weighted by molar-refractivity contribution is -0.121. The molecule has 4 rings (SSSR count). The topological polar surface area (TPSA) is 105 Å². The molecule has 146 valence electrons. The summed E-state index contributed by atoms with van der Waals surface area (Å²) in [5.41, 5.74) is 0.869. The van der Waals surface area contributed by atoms with E-state index in [1.54, 1.807) is 36.4 Å². The van der Waals surface area contributed by atoms with Crippen molar-refractivity contribution in [2.24, 2.45) is 0 Å². The number of carbonyl (C=O) groups is 3. The maximum Gasteiger partial charge on any atom is 0.261 e. The van der Waals surface area contributed by atoms with Crippen LogP contribution in [0.5, 0.6) is 0 Å². The number of fused-ring (bicyclic) bond motifs is 1. The van der Waals surface area contributed by atoms with Crippen molar-refractivity contribution in [3.05, 3.63) is 71.4 Å². The molecule has 9 heteroatoms. The van der Waals surface area contributed by atoms with E-state index in [1.807, 2.05) is 0 Å². The van der Waals surface area contributed by atoms with Crippen molar-refractivity contribution in [1.82, 2.24) is 20.4 Å². The van der Waals surface area contributed by atoms with Gasteiger partial charge in [-0.1, -0.05) is 29.4 Å². The van der Waals surface area contributed by atoms with Crippen LogP contribution in [0.25, 0.3) is 11.4 Å². The third-order valence-electron chi connectivity index (χ3n) is 4.46. The second kappa shape index (κ2) is 7.63. The first kappa shape index (κ1) is 18.5. The zero-order chi connectivity index (χ0) is 20.4. The smallest absolute Gasteiger partial charge is 0.261 e. The summed E-state index contributed by atoms with van der Waals surface area (Å²) in [5, 5.41) is 6.28. The van der Waals surface area contributed by atoms with E-state index < -0.39 is 23.5 Å². The fraction of sp³-hybridized carbons (Fsp3) is 0.150. The SMILES string of the molecule is O=C(CCN1C(=O)c2ccccc2C1=O)NCc1nc(-c2ccccc2F)no1. The van der Waals surface area contributed by atoms with E-state index in [0.717, 1.165) is 4.90 Å². The summed E-state index contributed by atoms with van der Waals surface area (Å²) in [6.07, 6.45) is -0.0697. The van der Waals surface area contributed by atoms with E-state index in [2.05, 4.69) is 15.5 Å². The number of aromatic nitrogens is 2. The molecular weight excluding hydrogens is 379 g/mol. The summed E-state index contributed by atoms with van der Waals surface area (Å²) < 4.78 is 18.8. The largest absolute Gasteiger partial charge is 0.347 e. The quantitative estimate of drug-likeness (QED) is 0.643. The molecule has 0 saturated carbocycles. The Hall–Kier alpha value is -3.88. The fourth-order valence-electron chi connectivity index (χ4n) is 3.00. The molecule has 0 unspecified atom stereocenters. The molecule has 0 saturated heterocycles. The third-order valence-corrected chi connectivity index (χ3v) is 4.46. The Labute approximate surface area is 164 Å². The number of imide groups is 1. The van der Waals surface area contributed by atoms with E-state index in [0.29, 0.717) is 11.1 Å². The van der Waals surface area contributed by atoms with Crippen LogP contribution in [0.15, 0.2) is 53.1 Å². The number of benzene rings is 2. The van der Waals surface area contributed by atoms with Gasteiger partial charge in [0, 0.05) is 13.0 Å². The standard InChI is InChI=1S/C20H15FN4O4/c21-15-8-4-3-7-14(15)18-23-17(29-24-18)11-22-16(26)9-10-25-19(27)12-5-1-2-6-13(12)20(25)28/h1-8H,9-11H2,(H,22,26). The summed E-state index contributed by atoms with van der Waals surface area (Å²) in [6.45, 7) is -0.0924. The molecule has 3 amide bonds. The normalized spacial score (nSPS) is 12.9. The molecule has 8 nitrogen and oxygen atoms in total. The minimum Gasteiger partial charge on any atom is -0.347 e. The van der Waals surface area contributed by atoms with Gasteiger partial charge in [0.05, 0.1) is 23.2 Å². The van der Waals surface area contributed by atoms with Gasteiger partial charge >= 0.3 is 0 Å². The van der Waals surface area contributed by atoms with Crippen molar-refractivity contribution in [3.8, 4) is 11.4 Å². The highest BCUT2D eigenvalue weighted by molar-refractivity contribution is 6.21. The van der Waals surface area contributed by atoms with Gasteiger partial charge in [0.15, 0.2) is 0 Å². The van der Waals surface area contributed by atoms with Gasteiger partial charge in [0.2, 0.25) is 17.6 Å². The lowest BCUT2D eigenvalue weighted by atomic mass is 10.1. The monoisotopic (exact) mass is 394 g/mol. The lowest BCUT2D eigenvalue weighted by Gasteiger charge is -2.13. The van der Waals surface area contributed by atoms with Crippen molar-refractivity contribution in [1.29, 1.82) is 0 Å². The predicted molar refractivity (Wildman–Crippen MR) is 98.0 cm³/mol. The second-order valence-corrected chi connectivity index (χ2v) is 6.33. The molecule has 0 fully saturated rings. The number of nitrogens with one attached hydrogen (secondary N) is 1. The Kier molecular flexibility index (Phi) is 4.86. The molecule has 2 heterocycles. The number of nitrogens with zero attached hydrogens (tertiary/aromatic N) is 3. The summed E-state index contributed by atoms with van der Waals surface area (Å²) in [6, 6.07) is 12.5. The molecule has 0 bridgehead atoms. The van der Waals surface area contributed by atoms with Crippen LogP contribution in [-0.4, -0.2) is 39.3 Å². The average Bonchev–Trinajstić information content (AvgIpc) is 3.29. The summed E-state index contributed by atoms with van der Waals surface area (Å²) in [7, 11) is 0. The Bertz CT molecular complexity index is 1080. The Morgan fingerprint density at radius 1 is 1.00 bits per heavy atom. The van der Waals surface area contributed by atoms with Gasteiger partial charge in [0.25, 0.3) is 11.8 Å². The molecular formula is C20H15FN4O4. The maximum atomic E-state index is 13.8. The van der Waals surface area contributed by atoms with Crippen LogP contribution in [0.4, 0.5) is 4.39 Å². The molecule has 0 spiro atoms. The molecule has 0 radical (unpaired) electrons.